The highest BCUT2D eigenvalue weighted by atomic mass is 16.5. The molecule has 16 heavy (non-hydrogen) atoms. The zero-order valence-corrected chi connectivity index (χ0v) is 10.2. The van der Waals surface area contributed by atoms with E-state index < -0.39 is 0 Å². The van der Waals surface area contributed by atoms with Gasteiger partial charge in [0.25, 0.3) is 0 Å². The number of carbonyl (C=O) groups is 1. The molecule has 1 aromatic carbocycles. The summed E-state index contributed by atoms with van der Waals surface area (Å²) in [6, 6.07) is 8.14. The minimum absolute atomic E-state index is 0.136. The van der Waals surface area contributed by atoms with Crippen molar-refractivity contribution in [2.24, 2.45) is 0 Å². The zero-order valence-electron chi connectivity index (χ0n) is 10.2. The summed E-state index contributed by atoms with van der Waals surface area (Å²) in [7, 11) is 1.99. The first kappa shape index (κ1) is 12.6. The fourth-order valence-electron chi connectivity index (χ4n) is 1.60. The first-order valence-corrected chi connectivity index (χ1v) is 5.57. The largest absolute Gasteiger partial charge is 0.466 e. The Hall–Kier alpha value is -1.51. The summed E-state index contributed by atoms with van der Waals surface area (Å²) in [5.74, 6) is -0.136. The smallest absolute Gasteiger partial charge is 0.307 e. The predicted molar refractivity (Wildman–Crippen MR) is 65.7 cm³/mol. The molecule has 0 saturated heterocycles. The number of para-hydroxylation sites is 1. The quantitative estimate of drug-likeness (QED) is 0.715. The molecule has 0 aliphatic carbocycles. The summed E-state index contributed by atoms with van der Waals surface area (Å²) in [5.41, 5.74) is 2.38. The van der Waals surface area contributed by atoms with E-state index in [4.69, 9.17) is 4.74 Å². The van der Waals surface area contributed by atoms with Gasteiger partial charge in [0.15, 0.2) is 0 Å². The third-order valence-corrected chi connectivity index (χ3v) is 2.48. The molecule has 1 aromatic rings. The zero-order chi connectivity index (χ0) is 12.0. The van der Waals surface area contributed by atoms with E-state index in [-0.39, 0.29) is 5.97 Å². The number of hydrogen-bond donors (Lipinski definition) is 0. The Labute approximate surface area is 97.0 Å². The first-order chi connectivity index (χ1) is 7.65. The topological polar surface area (TPSA) is 29.5 Å². The molecule has 0 aliphatic rings. The average Bonchev–Trinajstić information content (AvgIpc) is 2.27. The predicted octanol–water partition coefficient (Wildman–Crippen LogP) is 2.38. The van der Waals surface area contributed by atoms with Crippen molar-refractivity contribution >= 4 is 11.7 Å². The molecule has 0 aliphatic heterocycles. The maximum atomic E-state index is 11.2. The van der Waals surface area contributed by atoms with Crippen molar-refractivity contribution in [2.45, 2.75) is 20.3 Å². The summed E-state index contributed by atoms with van der Waals surface area (Å²) in [5, 5.41) is 0. The molecule has 0 spiro atoms. The molecule has 88 valence electrons. The summed E-state index contributed by atoms with van der Waals surface area (Å²) in [4.78, 5) is 13.3. The van der Waals surface area contributed by atoms with E-state index in [1.54, 1.807) is 0 Å². The number of aryl methyl sites for hydroxylation is 1. The SMILES string of the molecule is CCOC(=O)CCN(C)c1ccccc1C. The van der Waals surface area contributed by atoms with Gasteiger partial charge in [0.05, 0.1) is 13.0 Å². The van der Waals surface area contributed by atoms with Crippen LogP contribution in [0.5, 0.6) is 0 Å². The third-order valence-electron chi connectivity index (χ3n) is 2.48. The van der Waals surface area contributed by atoms with Gasteiger partial charge in [-0.15, -0.1) is 0 Å². The van der Waals surface area contributed by atoms with E-state index in [2.05, 4.69) is 24.0 Å². The van der Waals surface area contributed by atoms with Gasteiger partial charge in [0.1, 0.15) is 0 Å². The van der Waals surface area contributed by atoms with Gasteiger partial charge in [-0.2, -0.15) is 0 Å². The Bertz CT molecular complexity index is 350. The van der Waals surface area contributed by atoms with E-state index in [0.717, 1.165) is 5.69 Å². The number of ether oxygens (including phenoxy) is 1. The highest BCUT2D eigenvalue weighted by Gasteiger charge is 2.07. The van der Waals surface area contributed by atoms with Crippen LogP contribution in [0.3, 0.4) is 0 Å². The van der Waals surface area contributed by atoms with E-state index >= 15 is 0 Å². The fraction of sp³-hybridized carbons (Fsp3) is 0.462. The molecule has 0 heterocycles. The van der Waals surface area contributed by atoms with Gasteiger partial charge in [-0.3, -0.25) is 4.79 Å². The molecule has 0 bridgehead atoms. The van der Waals surface area contributed by atoms with Crippen LogP contribution in [0.25, 0.3) is 0 Å². The lowest BCUT2D eigenvalue weighted by molar-refractivity contribution is -0.142. The Balaban J connectivity index is 2.50. The van der Waals surface area contributed by atoms with E-state index in [0.29, 0.717) is 19.6 Å². The van der Waals surface area contributed by atoms with Crippen molar-refractivity contribution in [2.75, 3.05) is 25.1 Å². The second-order valence-corrected chi connectivity index (χ2v) is 3.76. The van der Waals surface area contributed by atoms with Gasteiger partial charge >= 0.3 is 5.97 Å². The molecule has 0 saturated carbocycles. The average molecular weight is 221 g/mol. The lowest BCUT2D eigenvalue weighted by Gasteiger charge is -2.20. The molecule has 0 aromatic heterocycles. The molecule has 0 N–H and O–H groups in total. The van der Waals surface area contributed by atoms with Crippen LogP contribution in [0, 0.1) is 6.92 Å². The van der Waals surface area contributed by atoms with E-state index in [1.165, 1.54) is 5.56 Å². The molecule has 0 atom stereocenters. The van der Waals surface area contributed by atoms with Gasteiger partial charge in [-0.25, -0.2) is 0 Å². The summed E-state index contributed by atoms with van der Waals surface area (Å²) in [6.07, 6.45) is 0.429. The van der Waals surface area contributed by atoms with E-state index in [1.807, 2.05) is 26.1 Å². The number of carbonyl (C=O) groups excluding carboxylic acids is 1. The molecule has 3 heteroatoms. The highest BCUT2D eigenvalue weighted by Crippen LogP contribution is 2.17. The third kappa shape index (κ3) is 3.57. The lowest BCUT2D eigenvalue weighted by Crippen LogP contribution is -2.22. The molecular weight excluding hydrogens is 202 g/mol. The minimum atomic E-state index is -0.136. The van der Waals surface area contributed by atoms with Crippen LogP contribution in [0.2, 0.25) is 0 Å². The summed E-state index contributed by atoms with van der Waals surface area (Å²) in [6.45, 7) is 5.02. The Morgan fingerprint density at radius 2 is 2.06 bits per heavy atom. The van der Waals surface area contributed by atoms with Crippen LogP contribution in [0.1, 0.15) is 18.9 Å². The Morgan fingerprint density at radius 1 is 1.38 bits per heavy atom. The molecule has 0 fully saturated rings. The number of anilines is 1. The normalized spacial score (nSPS) is 9.94. The summed E-state index contributed by atoms with van der Waals surface area (Å²) >= 11 is 0. The van der Waals surface area contributed by atoms with Gasteiger partial charge in [-0.1, -0.05) is 18.2 Å². The van der Waals surface area contributed by atoms with Crippen molar-refractivity contribution in [3.8, 4) is 0 Å². The maximum Gasteiger partial charge on any atom is 0.307 e. The lowest BCUT2D eigenvalue weighted by atomic mass is 10.2. The molecule has 0 radical (unpaired) electrons. The Kier molecular flexibility index (Phi) is 4.83. The molecule has 0 unspecified atom stereocenters. The van der Waals surface area contributed by atoms with Crippen molar-refractivity contribution in [3.63, 3.8) is 0 Å². The number of hydrogen-bond acceptors (Lipinski definition) is 3. The second kappa shape index (κ2) is 6.16. The van der Waals surface area contributed by atoms with Crippen LogP contribution in [-0.4, -0.2) is 26.2 Å². The molecular formula is C13H19NO2. The van der Waals surface area contributed by atoms with Gasteiger partial charge in [-0.05, 0) is 25.5 Å². The minimum Gasteiger partial charge on any atom is -0.466 e. The van der Waals surface area contributed by atoms with Crippen LogP contribution in [0.4, 0.5) is 5.69 Å². The van der Waals surface area contributed by atoms with Crippen molar-refractivity contribution in [1.82, 2.24) is 0 Å². The van der Waals surface area contributed by atoms with Crippen LogP contribution in [-0.2, 0) is 9.53 Å². The van der Waals surface area contributed by atoms with Crippen molar-refractivity contribution < 1.29 is 9.53 Å². The summed E-state index contributed by atoms with van der Waals surface area (Å²) < 4.78 is 4.89. The van der Waals surface area contributed by atoms with Crippen LogP contribution >= 0.6 is 0 Å². The van der Waals surface area contributed by atoms with Gasteiger partial charge in [0.2, 0.25) is 0 Å². The molecule has 3 nitrogen and oxygen atoms in total. The van der Waals surface area contributed by atoms with Crippen LogP contribution in [0.15, 0.2) is 24.3 Å². The van der Waals surface area contributed by atoms with E-state index in [9.17, 15) is 4.79 Å². The number of rotatable bonds is 5. The Morgan fingerprint density at radius 3 is 2.69 bits per heavy atom. The van der Waals surface area contributed by atoms with Crippen LogP contribution < -0.4 is 4.90 Å². The second-order valence-electron chi connectivity index (χ2n) is 3.76. The molecule has 0 amide bonds. The van der Waals surface area contributed by atoms with Crippen molar-refractivity contribution in [1.29, 1.82) is 0 Å². The monoisotopic (exact) mass is 221 g/mol. The maximum absolute atomic E-state index is 11.2. The van der Waals surface area contributed by atoms with Gasteiger partial charge < -0.3 is 9.64 Å². The highest BCUT2D eigenvalue weighted by molar-refractivity contribution is 5.70. The number of esters is 1. The standard InChI is InChI=1S/C13H19NO2/c1-4-16-13(15)9-10-14(3)12-8-6-5-7-11(12)2/h5-8H,4,9-10H2,1-3H3. The number of nitrogens with zero attached hydrogens (tertiary/aromatic N) is 1. The van der Waals surface area contributed by atoms with Crippen molar-refractivity contribution in [3.05, 3.63) is 29.8 Å². The molecule has 1 rings (SSSR count). The first-order valence-electron chi connectivity index (χ1n) is 5.57. The van der Waals surface area contributed by atoms with Gasteiger partial charge in [0, 0.05) is 19.3 Å². The number of benzene rings is 1. The fourth-order valence-corrected chi connectivity index (χ4v) is 1.60.